The lowest BCUT2D eigenvalue weighted by atomic mass is 9.53. The van der Waals surface area contributed by atoms with Crippen molar-refractivity contribution in [1.29, 1.82) is 0 Å². The van der Waals surface area contributed by atoms with Crippen molar-refractivity contribution in [2.75, 3.05) is 0 Å². The van der Waals surface area contributed by atoms with Gasteiger partial charge in [0, 0.05) is 10.8 Å². The zero-order valence-corrected chi connectivity index (χ0v) is 41.5. The number of rotatable bonds is 16. The summed E-state index contributed by atoms with van der Waals surface area (Å²) < 4.78 is 0. The molecule has 4 fully saturated rings. The summed E-state index contributed by atoms with van der Waals surface area (Å²) in [7, 11) is 0. The molecule has 4 saturated carbocycles. The van der Waals surface area contributed by atoms with Crippen LogP contribution in [0.3, 0.4) is 0 Å². The van der Waals surface area contributed by atoms with Crippen molar-refractivity contribution < 1.29 is 0 Å². The van der Waals surface area contributed by atoms with E-state index in [4.69, 9.17) is 0 Å². The number of unbranched alkanes of at least 4 members (excludes halogenated alkanes) is 2. The minimum atomic E-state index is -0.0360. The Balaban J connectivity index is 0.703. The van der Waals surface area contributed by atoms with Crippen molar-refractivity contribution in [3.05, 3.63) is 253 Å². The molecule has 12 unspecified atom stereocenters. The SMILES string of the molecule is C1=CC2C3C=CC=CC3C(C(c3ccccc3)(c3ccccc3)C3CCC(CCC/C=C/CCCC4CCC(C(c5ccccc5)(c5ccccc5)C5C6C=CC=CC6C6C=CC=CC65)C4)C3)C2C=C1. The van der Waals surface area contributed by atoms with Crippen LogP contribution in [0.4, 0.5) is 0 Å². The van der Waals surface area contributed by atoms with Gasteiger partial charge in [-0.2, -0.15) is 0 Å². The monoisotopic (exact) mass is 917 g/mol. The summed E-state index contributed by atoms with van der Waals surface area (Å²) in [6.07, 6.45) is 60.2. The van der Waals surface area contributed by atoms with Gasteiger partial charge in [0.1, 0.15) is 0 Å². The molecule has 0 heteroatoms. The highest BCUT2D eigenvalue weighted by Gasteiger charge is 2.62. The van der Waals surface area contributed by atoms with Crippen LogP contribution in [-0.2, 0) is 10.8 Å². The molecule has 0 bridgehead atoms. The number of benzene rings is 4. The zero-order chi connectivity index (χ0) is 46.7. The predicted molar refractivity (Wildman–Crippen MR) is 294 cm³/mol. The number of allylic oxidation sites excluding steroid dienone is 18. The van der Waals surface area contributed by atoms with Crippen LogP contribution in [0.15, 0.2) is 231 Å². The Hall–Kier alpha value is -5.46. The van der Waals surface area contributed by atoms with Gasteiger partial charge in [-0.05, 0) is 156 Å². The highest BCUT2D eigenvalue weighted by molar-refractivity contribution is 5.48. The molecule has 8 aliphatic carbocycles. The van der Waals surface area contributed by atoms with E-state index in [2.05, 4.69) is 231 Å². The third kappa shape index (κ3) is 8.05. The van der Waals surface area contributed by atoms with Crippen molar-refractivity contribution >= 4 is 0 Å². The fraction of sp³-hybridized carbons (Fsp3) is 0.400. The molecule has 0 nitrogen and oxygen atoms in total. The highest BCUT2D eigenvalue weighted by atomic mass is 14.6. The van der Waals surface area contributed by atoms with Gasteiger partial charge in [0.25, 0.3) is 0 Å². The summed E-state index contributed by atoms with van der Waals surface area (Å²) in [5.74, 6) is 8.23. The lowest BCUT2D eigenvalue weighted by molar-refractivity contribution is 0.155. The largest absolute Gasteiger partial charge is 0.0885 e. The van der Waals surface area contributed by atoms with E-state index in [1.54, 1.807) is 22.3 Å². The maximum Gasteiger partial charge on any atom is 0.0270 e. The third-order valence-corrected chi connectivity index (χ3v) is 20.0. The van der Waals surface area contributed by atoms with Crippen LogP contribution in [0.5, 0.6) is 0 Å². The number of hydrogen-bond acceptors (Lipinski definition) is 0. The smallest absolute Gasteiger partial charge is 0.0270 e. The molecule has 0 radical (unpaired) electrons. The number of hydrogen-bond donors (Lipinski definition) is 0. The van der Waals surface area contributed by atoms with Gasteiger partial charge in [0.2, 0.25) is 0 Å². The van der Waals surface area contributed by atoms with Gasteiger partial charge in [-0.1, -0.05) is 256 Å². The molecule has 356 valence electrons. The van der Waals surface area contributed by atoms with Gasteiger partial charge in [-0.15, -0.1) is 0 Å². The molecule has 0 amide bonds. The second kappa shape index (κ2) is 20.3. The molecule has 12 rings (SSSR count). The molecule has 0 spiro atoms. The highest BCUT2D eigenvalue weighted by Crippen LogP contribution is 2.66. The Morgan fingerprint density at radius 1 is 0.329 bits per heavy atom. The van der Waals surface area contributed by atoms with Crippen LogP contribution in [0.2, 0.25) is 0 Å². The van der Waals surface area contributed by atoms with Crippen LogP contribution in [0.25, 0.3) is 0 Å². The van der Waals surface area contributed by atoms with Crippen LogP contribution in [0, 0.1) is 82.9 Å². The van der Waals surface area contributed by atoms with Crippen LogP contribution >= 0.6 is 0 Å². The van der Waals surface area contributed by atoms with Crippen LogP contribution in [0.1, 0.15) is 99.3 Å². The van der Waals surface area contributed by atoms with Gasteiger partial charge in [0.15, 0.2) is 0 Å². The molecule has 0 saturated heterocycles. The fourth-order valence-corrected chi connectivity index (χ4v) is 17.5. The first kappa shape index (κ1) is 45.7. The fourth-order valence-electron chi connectivity index (χ4n) is 17.5. The maximum absolute atomic E-state index is 2.60. The van der Waals surface area contributed by atoms with E-state index in [0.717, 1.165) is 11.8 Å². The van der Waals surface area contributed by atoms with E-state index < -0.39 is 0 Å². The molecule has 12 atom stereocenters. The van der Waals surface area contributed by atoms with E-state index in [9.17, 15) is 0 Å². The summed E-state index contributed by atoms with van der Waals surface area (Å²) in [5.41, 5.74) is 6.09. The average molecular weight is 917 g/mol. The van der Waals surface area contributed by atoms with Crippen molar-refractivity contribution in [2.24, 2.45) is 82.9 Å². The predicted octanol–water partition coefficient (Wildman–Crippen LogP) is 17.4. The first-order valence-corrected chi connectivity index (χ1v) is 28.0. The van der Waals surface area contributed by atoms with Gasteiger partial charge in [0.05, 0.1) is 0 Å². The Kier molecular flexibility index (Phi) is 13.3. The van der Waals surface area contributed by atoms with Gasteiger partial charge in [-0.3, -0.25) is 0 Å². The van der Waals surface area contributed by atoms with Gasteiger partial charge >= 0.3 is 0 Å². The van der Waals surface area contributed by atoms with Gasteiger partial charge in [-0.25, -0.2) is 0 Å². The molecule has 4 aromatic carbocycles. The Bertz CT molecular complexity index is 2320. The summed E-state index contributed by atoms with van der Waals surface area (Å²) in [6.45, 7) is 0. The Morgan fingerprint density at radius 2 is 0.600 bits per heavy atom. The molecule has 8 aliphatic rings. The molecule has 4 aromatic rings. The normalized spacial score (nSPS) is 33.5. The Labute approximate surface area is 421 Å². The molecule has 0 aliphatic heterocycles. The zero-order valence-electron chi connectivity index (χ0n) is 41.5. The summed E-state index contributed by atoms with van der Waals surface area (Å²) in [6, 6.07) is 47.3. The summed E-state index contributed by atoms with van der Waals surface area (Å²) in [4.78, 5) is 0. The second-order valence-corrected chi connectivity index (χ2v) is 23.0. The lowest BCUT2D eigenvalue weighted by Gasteiger charge is -2.50. The molecule has 0 heterocycles. The molecule has 70 heavy (non-hydrogen) atoms. The van der Waals surface area contributed by atoms with Crippen molar-refractivity contribution in [1.82, 2.24) is 0 Å². The second-order valence-electron chi connectivity index (χ2n) is 23.0. The lowest BCUT2D eigenvalue weighted by Crippen LogP contribution is -2.47. The van der Waals surface area contributed by atoms with E-state index in [1.165, 1.54) is 77.0 Å². The van der Waals surface area contributed by atoms with Crippen molar-refractivity contribution in [2.45, 2.75) is 87.9 Å². The van der Waals surface area contributed by atoms with Crippen molar-refractivity contribution in [3.63, 3.8) is 0 Å². The van der Waals surface area contributed by atoms with Crippen LogP contribution < -0.4 is 0 Å². The average Bonchev–Trinajstić information content (AvgIpc) is 4.25. The topological polar surface area (TPSA) is 0 Å². The standard InChI is InChI=1S/C70H76/c1(3-9-27-51-45-47-57(49-51)69(53-29-11-5-12-30-53,54-31-13-6-14-32-54)67-63-41-23-19-37-59(63)60-38-20-24-42-64(60)67)2-4-10-28-52-46-48-58(50-52)70(55-33-15-7-16-34-55,56-35-17-8-18-36-56)68-65-43-25-21-39-61(65)62-40-22-26-44-66(62)68/h1-2,5-8,11-26,29-44,51-52,57-68H,3-4,9-10,27-28,45-50H2/b2-1+. The quantitative estimate of drug-likeness (QED) is 0.0776. The minimum Gasteiger partial charge on any atom is -0.0885 e. The first-order chi connectivity index (χ1) is 34.8. The van der Waals surface area contributed by atoms with E-state index in [1.807, 2.05) is 0 Å². The van der Waals surface area contributed by atoms with Gasteiger partial charge < -0.3 is 0 Å². The van der Waals surface area contributed by atoms with E-state index in [-0.39, 0.29) is 10.8 Å². The first-order valence-electron chi connectivity index (χ1n) is 28.0. The molecule has 0 aromatic heterocycles. The number of fused-ring (bicyclic) bond motifs is 6. The van der Waals surface area contributed by atoms with E-state index in [0.29, 0.717) is 71.0 Å². The molecular formula is C70H76. The molecular weight excluding hydrogens is 841 g/mol. The van der Waals surface area contributed by atoms with E-state index >= 15 is 0 Å². The van der Waals surface area contributed by atoms with Crippen molar-refractivity contribution in [3.8, 4) is 0 Å². The van der Waals surface area contributed by atoms with Crippen LogP contribution in [-0.4, -0.2) is 0 Å². The maximum atomic E-state index is 2.60. The molecule has 0 N–H and O–H groups in total. The Morgan fingerprint density at radius 3 is 0.886 bits per heavy atom. The summed E-state index contributed by atoms with van der Waals surface area (Å²) >= 11 is 0. The minimum absolute atomic E-state index is 0.0360. The third-order valence-electron chi connectivity index (χ3n) is 20.0. The summed E-state index contributed by atoms with van der Waals surface area (Å²) in [5, 5.41) is 0.